The molecular formula is C14H20FN3O2S. The molecule has 7 heteroatoms. The fourth-order valence-corrected chi connectivity index (χ4v) is 4.91. The van der Waals surface area contributed by atoms with Gasteiger partial charge >= 0.3 is 0 Å². The topological polar surface area (TPSA) is 66.6 Å². The number of nitrogen functional groups attached to an aromatic ring is 1. The molecule has 21 heavy (non-hydrogen) atoms. The van der Waals surface area contributed by atoms with Gasteiger partial charge in [-0.2, -0.15) is 4.31 Å². The maximum Gasteiger partial charge on any atom is 0.248 e. The van der Waals surface area contributed by atoms with E-state index in [0.29, 0.717) is 13.1 Å². The van der Waals surface area contributed by atoms with Gasteiger partial charge in [0.1, 0.15) is 10.7 Å². The van der Waals surface area contributed by atoms with E-state index in [1.807, 2.05) is 0 Å². The number of rotatable bonds is 3. The number of benzene rings is 1. The molecule has 2 heterocycles. The second-order valence-electron chi connectivity index (χ2n) is 5.71. The van der Waals surface area contributed by atoms with Gasteiger partial charge in [-0.05, 0) is 44.5 Å². The van der Waals surface area contributed by atoms with Gasteiger partial charge < -0.3 is 5.73 Å². The Bertz CT molecular complexity index is 609. The van der Waals surface area contributed by atoms with Gasteiger partial charge in [-0.25, -0.2) is 12.8 Å². The summed E-state index contributed by atoms with van der Waals surface area (Å²) in [5.41, 5.74) is 5.65. The van der Waals surface area contributed by atoms with E-state index in [2.05, 4.69) is 4.90 Å². The quantitative estimate of drug-likeness (QED) is 0.853. The Balaban J connectivity index is 1.83. The molecule has 3 rings (SSSR count). The molecule has 2 aliphatic rings. The monoisotopic (exact) mass is 313 g/mol. The maximum atomic E-state index is 13.9. The summed E-state index contributed by atoms with van der Waals surface area (Å²) >= 11 is 0. The molecule has 1 atom stereocenters. The van der Waals surface area contributed by atoms with E-state index < -0.39 is 15.8 Å². The number of hydrogen-bond acceptors (Lipinski definition) is 4. The number of nitrogens with two attached hydrogens (primary N) is 1. The SMILES string of the molecule is Nc1cccc(F)c1S(=O)(=O)N1CCC(N2CCCC2)C1. The van der Waals surface area contributed by atoms with Crippen molar-refractivity contribution in [3.05, 3.63) is 24.0 Å². The van der Waals surface area contributed by atoms with Crippen molar-refractivity contribution in [1.29, 1.82) is 0 Å². The normalized spacial score (nSPS) is 24.7. The van der Waals surface area contributed by atoms with Gasteiger partial charge in [0.25, 0.3) is 0 Å². The predicted octanol–water partition coefficient (Wildman–Crippen LogP) is 1.27. The molecule has 2 aliphatic heterocycles. The fourth-order valence-electron chi connectivity index (χ4n) is 3.26. The number of hydrogen-bond donors (Lipinski definition) is 1. The van der Waals surface area contributed by atoms with Gasteiger partial charge in [0.15, 0.2) is 0 Å². The van der Waals surface area contributed by atoms with Gasteiger partial charge in [-0.3, -0.25) is 4.90 Å². The molecule has 2 N–H and O–H groups in total. The molecule has 1 aromatic rings. The lowest BCUT2D eigenvalue weighted by molar-refractivity contribution is 0.251. The van der Waals surface area contributed by atoms with Crippen LogP contribution in [0.5, 0.6) is 0 Å². The molecule has 1 aromatic carbocycles. The minimum atomic E-state index is -3.86. The molecule has 0 amide bonds. The summed E-state index contributed by atoms with van der Waals surface area (Å²) in [4.78, 5) is 1.95. The van der Waals surface area contributed by atoms with Crippen molar-refractivity contribution in [2.75, 3.05) is 31.9 Å². The van der Waals surface area contributed by atoms with E-state index in [1.54, 1.807) is 0 Å². The second-order valence-corrected chi connectivity index (χ2v) is 7.58. The summed E-state index contributed by atoms with van der Waals surface area (Å²) < 4.78 is 40.5. The molecule has 2 saturated heterocycles. The highest BCUT2D eigenvalue weighted by atomic mass is 32.2. The summed E-state index contributed by atoms with van der Waals surface area (Å²) in [5.74, 6) is -0.778. The first kappa shape index (κ1) is 14.7. The number of anilines is 1. The lowest BCUT2D eigenvalue weighted by atomic mass is 10.2. The zero-order valence-electron chi connectivity index (χ0n) is 11.8. The third kappa shape index (κ3) is 2.65. The van der Waals surface area contributed by atoms with Gasteiger partial charge in [-0.1, -0.05) is 6.07 Å². The summed E-state index contributed by atoms with van der Waals surface area (Å²) in [6, 6.07) is 4.22. The zero-order valence-corrected chi connectivity index (χ0v) is 12.7. The van der Waals surface area contributed by atoms with E-state index >= 15 is 0 Å². The van der Waals surface area contributed by atoms with Crippen LogP contribution in [-0.4, -0.2) is 49.8 Å². The van der Waals surface area contributed by atoms with Crippen molar-refractivity contribution in [2.45, 2.75) is 30.2 Å². The smallest absolute Gasteiger partial charge is 0.248 e. The highest BCUT2D eigenvalue weighted by Crippen LogP contribution is 2.29. The highest BCUT2D eigenvalue weighted by molar-refractivity contribution is 7.89. The van der Waals surface area contributed by atoms with Crippen molar-refractivity contribution in [3.8, 4) is 0 Å². The van der Waals surface area contributed by atoms with Crippen molar-refractivity contribution in [2.24, 2.45) is 0 Å². The van der Waals surface area contributed by atoms with E-state index in [1.165, 1.54) is 29.3 Å². The Hall–Kier alpha value is -1.18. The third-order valence-corrected chi connectivity index (χ3v) is 6.34. The first-order chi connectivity index (χ1) is 10.00. The van der Waals surface area contributed by atoms with Crippen LogP contribution < -0.4 is 5.73 Å². The Morgan fingerprint density at radius 3 is 2.57 bits per heavy atom. The average Bonchev–Trinajstić information content (AvgIpc) is 3.09. The van der Waals surface area contributed by atoms with Crippen LogP contribution in [0.3, 0.4) is 0 Å². The lowest BCUT2D eigenvalue weighted by Crippen LogP contribution is -2.37. The molecule has 0 aromatic heterocycles. The molecule has 0 bridgehead atoms. The lowest BCUT2D eigenvalue weighted by Gasteiger charge is -2.23. The fraction of sp³-hybridized carbons (Fsp3) is 0.571. The molecule has 5 nitrogen and oxygen atoms in total. The molecule has 0 spiro atoms. The molecule has 116 valence electrons. The van der Waals surface area contributed by atoms with Crippen LogP contribution in [0, 0.1) is 5.82 Å². The first-order valence-electron chi connectivity index (χ1n) is 7.28. The predicted molar refractivity (Wildman–Crippen MR) is 78.8 cm³/mol. The number of likely N-dealkylation sites (tertiary alicyclic amines) is 1. The van der Waals surface area contributed by atoms with Gasteiger partial charge in [0.05, 0.1) is 5.69 Å². The van der Waals surface area contributed by atoms with Crippen LogP contribution in [0.1, 0.15) is 19.3 Å². The largest absolute Gasteiger partial charge is 0.398 e. The minimum absolute atomic E-state index is 0.0281. The minimum Gasteiger partial charge on any atom is -0.398 e. The van der Waals surface area contributed by atoms with Crippen LogP contribution in [0.4, 0.5) is 10.1 Å². The molecule has 2 fully saturated rings. The number of nitrogens with zero attached hydrogens (tertiary/aromatic N) is 2. The Kier molecular flexibility index (Phi) is 3.90. The summed E-state index contributed by atoms with van der Waals surface area (Å²) in [6.07, 6.45) is 3.14. The van der Waals surface area contributed by atoms with E-state index in [4.69, 9.17) is 5.73 Å². The zero-order chi connectivity index (χ0) is 15.0. The third-order valence-electron chi connectivity index (χ3n) is 4.38. The standard InChI is InChI=1S/C14H20FN3O2S/c15-12-4-3-5-13(16)14(12)21(19,20)18-9-6-11(10-18)17-7-1-2-8-17/h3-5,11H,1-2,6-10,16H2. The van der Waals surface area contributed by atoms with Crippen LogP contribution in [-0.2, 0) is 10.0 Å². The average molecular weight is 313 g/mol. The Morgan fingerprint density at radius 2 is 1.90 bits per heavy atom. The van der Waals surface area contributed by atoms with Gasteiger partial charge in [0, 0.05) is 19.1 Å². The second kappa shape index (κ2) is 5.55. The van der Waals surface area contributed by atoms with Crippen LogP contribution in [0.2, 0.25) is 0 Å². The Morgan fingerprint density at radius 1 is 1.19 bits per heavy atom. The first-order valence-corrected chi connectivity index (χ1v) is 8.72. The molecular weight excluding hydrogens is 293 g/mol. The van der Waals surface area contributed by atoms with Crippen molar-refractivity contribution in [3.63, 3.8) is 0 Å². The van der Waals surface area contributed by atoms with Crippen molar-refractivity contribution in [1.82, 2.24) is 9.21 Å². The number of sulfonamides is 1. The van der Waals surface area contributed by atoms with Crippen LogP contribution >= 0.6 is 0 Å². The molecule has 0 saturated carbocycles. The van der Waals surface area contributed by atoms with Crippen molar-refractivity contribution >= 4 is 15.7 Å². The van der Waals surface area contributed by atoms with E-state index in [-0.39, 0.29) is 16.6 Å². The molecule has 1 unspecified atom stereocenters. The Labute approximate surface area is 124 Å². The highest BCUT2D eigenvalue weighted by Gasteiger charge is 2.37. The summed E-state index contributed by atoms with van der Waals surface area (Å²) in [5, 5.41) is 0. The summed E-state index contributed by atoms with van der Waals surface area (Å²) in [6.45, 7) is 2.91. The number of halogens is 1. The van der Waals surface area contributed by atoms with E-state index in [0.717, 1.165) is 25.6 Å². The maximum absolute atomic E-state index is 13.9. The van der Waals surface area contributed by atoms with E-state index in [9.17, 15) is 12.8 Å². The molecule has 0 aliphatic carbocycles. The van der Waals surface area contributed by atoms with Crippen molar-refractivity contribution < 1.29 is 12.8 Å². The van der Waals surface area contributed by atoms with Crippen LogP contribution in [0.25, 0.3) is 0 Å². The van der Waals surface area contributed by atoms with Gasteiger partial charge in [0.2, 0.25) is 10.0 Å². The summed E-state index contributed by atoms with van der Waals surface area (Å²) in [7, 11) is -3.86. The molecule has 0 radical (unpaired) electrons. The van der Waals surface area contributed by atoms with Gasteiger partial charge in [-0.15, -0.1) is 0 Å². The van der Waals surface area contributed by atoms with Crippen LogP contribution in [0.15, 0.2) is 23.1 Å².